The van der Waals surface area contributed by atoms with Gasteiger partial charge in [-0.05, 0) is 75.6 Å². The lowest BCUT2D eigenvalue weighted by Gasteiger charge is -2.36. The van der Waals surface area contributed by atoms with E-state index in [1.165, 1.54) is 0 Å². The van der Waals surface area contributed by atoms with Crippen LogP contribution in [0.2, 0.25) is 0 Å². The number of likely N-dealkylation sites (tertiary alicyclic amines) is 1. The number of carbonyl (C=O) groups excluding carboxylic acids is 1. The fraction of sp³-hybridized carbons (Fsp3) is 0.652. The number of para-hydroxylation sites is 2. The highest BCUT2D eigenvalue weighted by Gasteiger charge is 2.54. The van der Waals surface area contributed by atoms with Gasteiger partial charge in [-0.25, -0.2) is 4.98 Å². The van der Waals surface area contributed by atoms with Crippen LogP contribution in [0.1, 0.15) is 44.6 Å². The van der Waals surface area contributed by atoms with Crippen LogP contribution in [0, 0.1) is 11.8 Å². The van der Waals surface area contributed by atoms with Gasteiger partial charge in [-0.15, -0.1) is 0 Å². The normalized spacial score (nSPS) is 33.9. The molecule has 6 rings (SSSR count). The van der Waals surface area contributed by atoms with E-state index < -0.39 is 0 Å². The summed E-state index contributed by atoms with van der Waals surface area (Å²) in [5.74, 6) is 1.27. The summed E-state index contributed by atoms with van der Waals surface area (Å²) in [6.45, 7) is 3.85. The number of imidazole rings is 1. The highest BCUT2D eigenvalue weighted by atomic mass is 16.3. The van der Waals surface area contributed by atoms with Crippen LogP contribution in [0.15, 0.2) is 30.6 Å². The van der Waals surface area contributed by atoms with E-state index in [1.807, 2.05) is 24.5 Å². The van der Waals surface area contributed by atoms with E-state index in [4.69, 9.17) is 0 Å². The number of hydrogen-bond donors (Lipinski definition) is 1. The van der Waals surface area contributed by atoms with E-state index in [9.17, 15) is 9.90 Å². The molecule has 1 N–H and O–H groups in total. The van der Waals surface area contributed by atoms with Crippen molar-refractivity contribution in [3.05, 3.63) is 30.6 Å². The molecule has 3 aliphatic heterocycles. The Morgan fingerprint density at radius 3 is 2.59 bits per heavy atom. The number of rotatable bonds is 2. The molecule has 1 aromatic heterocycles. The molecule has 4 aliphatic rings. The van der Waals surface area contributed by atoms with Crippen molar-refractivity contribution in [2.75, 3.05) is 26.2 Å². The number of carbonyl (C=O) groups is 1. The number of amides is 1. The highest BCUT2D eigenvalue weighted by molar-refractivity contribution is 5.87. The molecule has 4 heterocycles. The van der Waals surface area contributed by atoms with Gasteiger partial charge < -0.3 is 14.6 Å². The Labute approximate surface area is 171 Å². The minimum absolute atomic E-state index is 0.0475. The number of aliphatic hydroxyl groups is 1. The van der Waals surface area contributed by atoms with Gasteiger partial charge in [-0.2, -0.15) is 0 Å². The second-order valence-electron chi connectivity index (χ2n) is 9.70. The molecule has 0 bridgehead atoms. The maximum atomic E-state index is 13.6. The van der Waals surface area contributed by atoms with E-state index >= 15 is 0 Å². The molecule has 1 saturated carbocycles. The molecule has 4 fully saturated rings. The number of aliphatic hydroxyl groups excluding tert-OH is 1. The predicted octanol–water partition coefficient (Wildman–Crippen LogP) is 2.44. The molecule has 1 amide bonds. The highest BCUT2D eigenvalue weighted by Crippen LogP contribution is 2.45. The Hall–Kier alpha value is -1.92. The van der Waals surface area contributed by atoms with Gasteiger partial charge in [0.25, 0.3) is 0 Å². The fourth-order valence-corrected chi connectivity index (χ4v) is 6.86. The summed E-state index contributed by atoms with van der Waals surface area (Å²) < 4.78 is 2.16. The Bertz CT molecular complexity index is 930. The SMILES string of the molecule is O=C(N1C[C@H]2C[C@@H](n3cnc4ccccc43)[C@H](O)C[C@H]2C1)C12CCCN1CCC2. The van der Waals surface area contributed by atoms with Gasteiger partial charge in [-0.1, -0.05) is 12.1 Å². The van der Waals surface area contributed by atoms with Crippen LogP contribution in [0.5, 0.6) is 0 Å². The first-order chi connectivity index (χ1) is 14.2. The van der Waals surface area contributed by atoms with Crippen LogP contribution in [0.3, 0.4) is 0 Å². The molecule has 0 spiro atoms. The third-order valence-corrected chi connectivity index (χ3v) is 8.27. The molecule has 29 heavy (non-hydrogen) atoms. The Morgan fingerprint density at radius 2 is 1.79 bits per heavy atom. The van der Waals surface area contributed by atoms with Gasteiger partial charge in [-0.3, -0.25) is 9.69 Å². The molecule has 6 heteroatoms. The summed E-state index contributed by atoms with van der Waals surface area (Å²) in [4.78, 5) is 22.7. The molecule has 4 atom stereocenters. The Balaban J connectivity index is 1.23. The molecule has 1 aromatic carbocycles. The van der Waals surface area contributed by atoms with Gasteiger partial charge in [0.1, 0.15) is 5.54 Å². The molecule has 154 valence electrons. The van der Waals surface area contributed by atoms with Crippen molar-refractivity contribution in [3.63, 3.8) is 0 Å². The van der Waals surface area contributed by atoms with Crippen LogP contribution in [-0.2, 0) is 4.79 Å². The molecule has 0 unspecified atom stereocenters. The van der Waals surface area contributed by atoms with Crippen molar-refractivity contribution in [1.82, 2.24) is 19.4 Å². The first-order valence-electron chi connectivity index (χ1n) is 11.3. The van der Waals surface area contributed by atoms with Crippen molar-refractivity contribution < 1.29 is 9.90 Å². The summed E-state index contributed by atoms with van der Waals surface area (Å²) in [6.07, 6.45) is 7.58. The summed E-state index contributed by atoms with van der Waals surface area (Å²) in [7, 11) is 0. The van der Waals surface area contributed by atoms with E-state index in [0.29, 0.717) is 17.7 Å². The lowest BCUT2D eigenvalue weighted by molar-refractivity contribution is -0.140. The first kappa shape index (κ1) is 17.9. The second-order valence-corrected chi connectivity index (χ2v) is 9.70. The molecule has 1 aliphatic carbocycles. The lowest BCUT2D eigenvalue weighted by atomic mass is 9.77. The largest absolute Gasteiger partial charge is 0.391 e. The van der Waals surface area contributed by atoms with Crippen molar-refractivity contribution in [3.8, 4) is 0 Å². The van der Waals surface area contributed by atoms with Crippen molar-refractivity contribution >= 4 is 16.9 Å². The van der Waals surface area contributed by atoms with Gasteiger partial charge >= 0.3 is 0 Å². The fourth-order valence-electron chi connectivity index (χ4n) is 6.86. The van der Waals surface area contributed by atoms with Crippen LogP contribution < -0.4 is 0 Å². The van der Waals surface area contributed by atoms with E-state index in [1.54, 1.807) is 0 Å². The van der Waals surface area contributed by atoms with E-state index in [-0.39, 0.29) is 17.7 Å². The minimum atomic E-state index is -0.378. The smallest absolute Gasteiger partial charge is 0.243 e. The number of aromatic nitrogens is 2. The summed E-state index contributed by atoms with van der Waals surface area (Å²) >= 11 is 0. The molecular formula is C23H30N4O2. The van der Waals surface area contributed by atoms with Gasteiger partial charge in [0.15, 0.2) is 0 Å². The number of fused-ring (bicyclic) bond motifs is 3. The van der Waals surface area contributed by atoms with Gasteiger partial charge in [0.05, 0.1) is 29.5 Å². The Morgan fingerprint density at radius 1 is 1.07 bits per heavy atom. The maximum Gasteiger partial charge on any atom is 0.243 e. The third-order valence-electron chi connectivity index (χ3n) is 8.27. The topological polar surface area (TPSA) is 61.6 Å². The number of hydrogen-bond acceptors (Lipinski definition) is 4. The van der Waals surface area contributed by atoms with Crippen molar-refractivity contribution in [1.29, 1.82) is 0 Å². The molecule has 3 saturated heterocycles. The first-order valence-corrected chi connectivity index (χ1v) is 11.3. The maximum absolute atomic E-state index is 13.6. The predicted molar refractivity (Wildman–Crippen MR) is 110 cm³/mol. The van der Waals surface area contributed by atoms with Crippen molar-refractivity contribution in [2.24, 2.45) is 11.8 Å². The second kappa shape index (κ2) is 6.54. The zero-order valence-corrected chi connectivity index (χ0v) is 16.9. The minimum Gasteiger partial charge on any atom is -0.391 e. The van der Waals surface area contributed by atoms with Crippen LogP contribution in [0.25, 0.3) is 11.0 Å². The van der Waals surface area contributed by atoms with Crippen LogP contribution in [0.4, 0.5) is 0 Å². The standard InChI is InChI=1S/C23H30N4O2/c28-21-12-17-14-25(22(29)23-7-3-9-26(23)10-4-8-23)13-16(17)11-20(21)27-15-24-18-5-1-2-6-19(18)27/h1-2,5-6,15-17,20-21,28H,3-4,7-14H2/t16-,17+,20-,21-/m1/s1. The summed E-state index contributed by atoms with van der Waals surface area (Å²) in [5, 5.41) is 11.0. The van der Waals surface area contributed by atoms with Gasteiger partial charge in [0.2, 0.25) is 5.91 Å². The summed E-state index contributed by atoms with van der Waals surface area (Å²) in [5.41, 5.74) is 1.87. The summed E-state index contributed by atoms with van der Waals surface area (Å²) in [6, 6.07) is 8.19. The monoisotopic (exact) mass is 394 g/mol. The zero-order chi connectivity index (χ0) is 19.6. The quantitative estimate of drug-likeness (QED) is 0.850. The molecule has 6 nitrogen and oxygen atoms in total. The van der Waals surface area contributed by atoms with E-state index in [2.05, 4.69) is 25.4 Å². The third kappa shape index (κ3) is 2.61. The van der Waals surface area contributed by atoms with Crippen LogP contribution in [-0.4, -0.2) is 68.2 Å². The zero-order valence-electron chi connectivity index (χ0n) is 16.9. The lowest BCUT2D eigenvalue weighted by Crippen LogP contribution is -2.53. The molecule has 0 radical (unpaired) electrons. The van der Waals surface area contributed by atoms with Crippen molar-refractivity contribution in [2.45, 2.75) is 56.2 Å². The molecular weight excluding hydrogens is 364 g/mol. The molecule has 2 aromatic rings. The van der Waals surface area contributed by atoms with Gasteiger partial charge in [0, 0.05) is 13.1 Å². The van der Waals surface area contributed by atoms with Crippen LogP contribution >= 0.6 is 0 Å². The average molecular weight is 395 g/mol. The Kier molecular flexibility index (Phi) is 4.04. The average Bonchev–Trinajstić information content (AvgIpc) is 3.48. The number of benzene rings is 1. The van der Waals surface area contributed by atoms with E-state index in [0.717, 1.165) is 75.7 Å². The number of nitrogens with zero attached hydrogens (tertiary/aromatic N) is 4.